The number of nitriles is 1. The van der Waals surface area contributed by atoms with Gasteiger partial charge >= 0.3 is 0 Å². The number of hydrogen-bond acceptors (Lipinski definition) is 3. The Morgan fingerprint density at radius 1 is 1.54 bits per heavy atom. The van der Waals surface area contributed by atoms with E-state index >= 15 is 0 Å². The van der Waals surface area contributed by atoms with E-state index in [9.17, 15) is 9.59 Å². The molecule has 0 rings (SSSR count). The van der Waals surface area contributed by atoms with Crippen molar-refractivity contribution < 1.29 is 9.59 Å². The van der Waals surface area contributed by atoms with Crippen molar-refractivity contribution in [3.8, 4) is 6.07 Å². The summed E-state index contributed by atoms with van der Waals surface area (Å²) < 4.78 is 0. The maximum Gasteiger partial charge on any atom is 0.240 e. The summed E-state index contributed by atoms with van der Waals surface area (Å²) in [4.78, 5) is 21.8. The van der Waals surface area contributed by atoms with Gasteiger partial charge in [0.25, 0.3) is 0 Å². The molecule has 0 spiro atoms. The molecule has 0 saturated heterocycles. The average molecular weight is 183 g/mol. The molecule has 0 bridgehead atoms. The summed E-state index contributed by atoms with van der Waals surface area (Å²) in [6.07, 6.45) is 0. The zero-order valence-corrected chi connectivity index (χ0v) is 7.92. The van der Waals surface area contributed by atoms with E-state index in [0.29, 0.717) is 0 Å². The highest BCUT2D eigenvalue weighted by molar-refractivity contribution is 5.90. The number of amides is 2. The van der Waals surface area contributed by atoms with Crippen molar-refractivity contribution in [2.45, 2.75) is 26.8 Å². The molecule has 3 N–H and O–H groups in total. The highest BCUT2D eigenvalue weighted by Gasteiger charge is 2.28. The van der Waals surface area contributed by atoms with Gasteiger partial charge in [0.15, 0.2) is 0 Å². The zero-order valence-electron chi connectivity index (χ0n) is 7.92. The van der Waals surface area contributed by atoms with Gasteiger partial charge in [0, 0.05) is 0 Å². The molecule has 0 aliphatic heterocycles. The molecular formula is C8H13N3O2. The summed E-state index contributed by atoms with van der Waals surface area (Å²) in [5, 5.41) is 10.9. The Morgan fingerprint density at radius 3 is 2.31 bits per heavy atom. The van der Waals surface area contributed by atoms with Crippen molar-refractivity contribution in [1.82, 2.24) is 5.32 Å². The topological polar surface area (TPSA) is 96.0 Å². The average Bonchev–Trinajstić information content (AvgIpc) is 2.04. The molecule has 2 amide bonds. The van der Waals surface area contributed by atoms with Crippen LogP contribution in [0.1, 0.15) is 20.8 Å². The third kappa shape index (κ3) is 3.11. The largest absolute Gasteiger partial charge is 0.368 e. The van der Waals surface area contributed by atoms with Crippen LogP contribution in [-0.2, 0) is 9.59 Å². The normalized spacial score (nSPS) is 12.8. The van der Waals surface area contributed by atoms with Crippen molar-refractivity contribution in [1.29, 1.82) is 5.26 Å². The molecule has 0 saturated carbocycles. The van der Waals surface area contributed by atoms with Gasteiger partial charge in [-0.3, -0.25) is 9.59 Å². The molecule has 1 unspecified atom stereocenters. The number of carbonyl (C=O) groups is 2. The van der Waals surface area contributed by atoms with Crippen LogP contribution >= 0.6 is 0 Å². The van der Waals surface area contributed by atoms with Gasteiger partial charge in [0.1, 0.15) is 11.5 Å². The van der Waals surface area contributed by atoms with E-state index < -0.39 is 23.3 Å². The first-order valence-electron chi connectivity index (χ1n) is 3.83. The minimum absolute atomic E-state index is 0.499. The van der Waals surface area contributed by atoms with Crippen molar-refractivity contribution in [3.05, 3.63) is 0 Å². The molecule has 0 radical (unpaired) electrons. The van der Waals surface area contributed by atoms with Gasteiger partial charge in [-0.15, -0.1) is 0 Å². The number of carbonyl (C=O) groups excluding carboxylic acids is 2. The van der Waals surface area contributed by atoms with Crippen LogP contribution in [0.2, 0.25) is 0 Å². The number of rotatable bonds is 3. The number of hydrogen-bond donors (Lipinski definition) is 2. The number of nitrogens with two attached hydrogens (primary N) is 1. The Morgan fingerprint density at radius 2 is 2.00 bits per heavy atom. The maximum absolute atomic E-state index is 11.3. The molecule has 0 heterocycles. The first kappa shape index (κ1) is 11.4. The Kier molecular flexibility index (Phi) is 3.43. The van der Waals surface area contributed by atoms with Crippen molar-refractivity contribution in [2.24, 2.45) is 11.1 Å². The predicted molar refractivity (Wildman–Crippen MR) is 46.2 cm³/mol. The highest BCUT2D eigenvalue weighted by atomic mass is 16.2. The fourth-order valence-corrected chi connectivity index (χ4v) is 0.499. The Bertz CT molecular complexity index is 265. The molecule has 0 aliphatic carbocycles. The third-order valence-corrected chi connectivity index (χ3v) is 1.62. The summed E-state index contributed by atoms with van der Waals surface area (Å²) in [5.74, 6) is -1.12. The van der Waals surface area contributed by atoms with Gasteiger partial charge in [-0.2, -0.15) is 5.26 Å². The van der Waals surface area contributed by atoms with Gasteiger partial charge in [0.2, 0.25) is 11.8 Å². The van der Waals surface area contributed by atoms with Crippen LogP contribution in [0.25, 0.3) is 0 Å². The molecule has 5 heteroatoms. The lowest BCUT2D eigenvalue weighted by Gasteiger charge is -2.17. The third-order valence-electron chi connectivity index (χ3n) is 1.62. The minimum Gasteiger partial charge on any atom is -0.368 e. The second kappa shape index (κ2) is 3.90. The van der Waals surface area contributed by atoms with E-state index in [4.69, 9.17) is 11.0 Å². The number of nitrogens with zero attached hydrogens (tertiary/aromatic N) is 1. The summed E-state index contributed by atoms with van der Waals surface area (Å²) in [6.45, 7) is 4.40. The first-order valence-corrected chi connectivity index (χ1v) is 3.83. The van der Waals surface area contributed by atoms with Crippen molar-refractivity contribution in [3.63, 3.8) is 0 Å². The van der Waals surface area contributed by atoms with Crippen LogP contribution in [0.4, 0.5) is 0 Å². The van der Waals surface area contributed by atoms with Crippen LogP contribution in [0, 0.1) is 16.7 Å². The van der Waals surface area contributed by atoms with E-state index in [1.807, 2.05) is 6.07 Å². The van der Waals surface area contributed by atoms with Crippen LogP contribution in [0.5, 0.6) is 0 Å². The van der Waals surface area contributed by atoms with E-state index in [-0.39, 0.29) is 0 Å². The minimum atomic E-state index is -1.14. The summed E-state index contributed by atoms with van der Waals surface area (Å²) in [6, 6.07) is 1.07. The lowest BCUT2D eigenvalue weighted by molar-refractivity contribution is -0.130. The van der Waals surface area contributed by atoms with E-state index in [2.05, 4.69) is 5.32 Å². The maximum atomic E-state index is 11.3. The van der Waals surface area contributed by atoms with Crippen LogP contribution in [0.3, 0.4) is 0 Å². The second-order valence-corrected chi connectivity index (χ2v) is 3.33. The zero-order chi connectivity index (χ0) is 10.6. The quantitative estimate of drug-likeness (QED) is 0.618. The molecular weight excluding hydrogens is 170 g/mol. The molecule has 0 aromatic carbocycles. The molecule has 0 aromatic heterocycles. The monoisotopic (exact) mass is 183 g/mol. The SMILES string of the molecule is CC(NC(=O)C(C)(C)C#N)C(N)=O. The summed E-state index contributed by atoms with van der Waals surface area (Å²) >= 11 is 0. The lowest BCUT2D eigenvalue weighted by Crippen LogP contribution is -2.46. The lowest BCUT2D eigenvalue weighted by atomic mass is 9.94. The van der Waals surface area contributed by atoms with Gasteiger partial charge in [0.05, 0.1) is 6.07 Å². The standard InChI is InChI=1S/C8H13N3O2/c1-5(6(10)12)11-7(13)8(2,3)4-9/h5H,1-3H3,(H2,10,12)(H,11,13). The Labute approximate surface area is 76.9 Å². The fraction of sp³-hybridized carbons (Fsp3) is 0.625. The number of primary amides is 1. The molecule has 13 heavy (non-hydrogen) atoms. The molecule has 1 atom stereocenters. The van der Waals surface area contributed by atoms with E-state index in [1.54, 1.807) is 0 Å². The fourth-order valence-electron chi connectivity index (χ4n) is 0.499. The van der Waals surface area contributed by atoms with Crippen molar-refractivity contribution in [2.75, 3.05) is 0 Å². The highest BCUT2D eigenvalue weighted by Crippen LogP contribution is 2.12. The van der Waals surface area contributed by atoms with Crippen LogP contribution < -0.4 is 11.1 Å². The summed E-state index contributed by atoms with van der Waals surface area (Å²) in [7, 11) is 0. The predicted octanol–water partition coefficient (Wildman–Crippen LogP) is -0.474. The first-order chi connectivity index (χ1) is 5.81. The van der Waals surface area contributed by atoms with Gasteiger partial charge in [-0.25, -0.2) is 0 Å². The number of nitrogens with one attached hydrogen (secondary N) is 1. The Hall–Kier alpha value is -1.57. The van der Waals surface area contributed by atoms with Gasteiger partial charge in [-0.05, 0) is 20.8 Å². The smallest absolute Gasteiger partial charge is 0.240 e. The van der Waals surface area contributed by atoms with Gasteiger partial charge in [-0.1, -0.05) is 0 Å². The molecule has 0 aromatic rings. The molecule has 0 aliphatic rings. The summed E-state index contributed by atoms with van der Waals surface area (Å²) in [5.41, 5.74) is 3.80. The second-order valence-electron chi connectivity index (χ2n) is 3.33. The van der Waals surface area contributed by atoms with E-state index in [0.717, 1.165) is 0 Å². The van der Waals surface area contributed by atoms with Crippen LogP contribution in [-0.4, -0.2) is 17.9 Å². The molecule has 5 nitrogen and oxygen atoms in total. The molecule has 72 valence electrons. The van der Waals surface area contributed by atoms with Crippen molar-refractivity contribution >= 4 is 11.8 Å². The van der Waals surface area contributed by atoms with Crippen LogP contribution in [0.15, 0.2) is 0 Å². The van der Waals surface area contributed by atoms with E-state index in [1.165, 1.54) is 20.8 Å². The Balaban J connectivity index is 4.34. The molecule has 0 fully saturated rings. The van der Waals surface area contributed by atoms with Gasteiger partial charge < -0.3 is 11.1 Å².